The van der Waals surface area contributed by atoms with Crippen molar-refractivity contribution in [3.05, 3.63) is 81.6 Å². The summed E-state index contributed by atoms with van der Waals surface area (Å²) in [6.45, 7) is 5.44. The minimum absolute atomic E-state index is 0.305. The van der Waals surface area contributed by atoms with Gasteiger partial charge < -0.3 is 5.32 Å². The van der Waals surface area contributed by atoms with Crippen LogP contribution in [0.4, 0.5) is 18.9 Å². The molecule has 5 nitrogen and oxygen atoms in total. The Morgan fingerprint density at radius 3 is 2.45 bits per heavy atom. The largest absolute Gasteiger partial charge is 0.418 e. The molecule has 0 fully saturated rings. The van der Waals surface area contributed by atoms with Crippen LogP contribution in [0, 0.1) is 13.8 Å². The molecule has 0 unspecified atom stereocenters. The topological polar surface area (TPSA) is 64.0 Å². The zero-order valence-electron chi connectivity index (χ0n) is 17.0. The van der Waals surface area contributed by atoms with Crippen LogP contribution in [0.25, 0.3) is 5.69 Å². The molecule has 0 aliphatic heterocycles. The van der Waals surface area contributed by atoms with E-state index in [4.69, 9.17) is 0 Å². The fourth-order valence-electron chi connectivity index (χ4n) is 2.81. The third-order valence-electron chi connectivity index (χ3n) is 4.67. The minimum atomic E-state index is -4.58. The highest BCUT2D eigenvalue weighted by atomic mass is 32.2. The van der Waals surface area contributed by atoms with Gasteiger partial charge in [0.05, 0.1) is 22.2 Å². The Hall–Kier alpha value is -3.07. The van der Waals surface area contributed by atoms with E-state index < -0.39 is 22.9 Å². The number of hydrogen-bond donors (Lipinski definition) is 1. The molecule has 0 aliphatic carbocycles. The van der Waals surface area contributed by atoms with Gasteiger partial charge in [-0.1, -0.05) is 30.0 Å². The van der Waals surface area contributed by atoms with E-state index in [9.17, 15) is 22.8 Å². The first-order valence-electron chi connectivity index (χ1n) is 9.38. The summed E-state index contributed by atoms with van der Waals surface area (Å²) in [6.07, 6.45) is -4.58. The Morgan fingerprint density at radius 2 is 1.77 bits per heavy atom. The van der Waals surface area contributed by atoms with Crippen molar-refractivity contribution in [1.82, 2.24) is 9.78 Å². The van der Waals surface area contributed by atoms with Crippen molar-refractivity contribution in [1.29, 1.82) is 0 Å². The summed E-state index contributed by atoms with van der Waals surface area (Å²) in [6, 6.07) is 13.1. The maximum atomic E-state index is 13.1. The van der Waals surface area contributed by atoms with E-state index in [1.54, 1.807) is 13.0 Å². The van der Waals surface area contributed by atoms with E-state index in [0.29, 0.717) is 10.7 Å². The molecule has 2 aromatic carbocycles. The lowest BCUT2D eigenvalue weighted by Gasteiger charge is -2.16. The fourth-order valence-corrected chi connectivity index (χ4v) is 3.61. The van der Waals surface area contributed by atoms with Gasteiger partial charge in [0.15, 0.2) is 0 Å². The molecule has 1 aromatic heterocycles. The van der Waals surface area contributed by atoms with Crippen molar-refractivity contribution in [2.45, 2.75) is 37.2 Å². The molecular weight excluding hydrogens is 427 g/mol. The predicted molar refractivity (Wildman–Crippen MR) is 115 cm³/mol. The Labute approximate surface area is 181 Å². The third-order valence-corrected chi connectivity index (χ3v) is 5.69. The Balaban J connectivity index is 1.79. The van der Waals surface area contributed by atoms with Crippen molar-refractivity contribution >= 4 is 23.4 Å². The highest BCUT2D eigenvalue weighted by Gasteiger charge is 2.34. The highest BCUT2D eigenvalue weighted by molar-refractivity contribution is 8.00. The van der Waals surface area contributed by atoms with Crippen LogP contribution in [-0.2, 0) is 11.0 Å². The van der Waals surface area contributed by atoms with Gasteiger partial charge in [0.25, 0.3) is 5.56 Å². The lowest BCUT2D eigenvalue weighted by molar-refractivity contribution is -0.137. The van der Waals surface area contributed by atoms with Gasteiger partial charge in [-0.15, -0.1) is 0 Å². The number of thioether (sulfide) groups is 1. The molecule has 0 spiro atoms. The molecule has 0 saturated heterocycles. The summed E-state index contributed by atoms with van der Waals surface area (Å²) in [7, 11) is 0. The van der Waals surface area contributed by atoms with Crippen LogP contribution in [0.15, 0.2) is 64.4 Å². The lowest BCUT2D eigenvalue weighted by atomic mass is 10.1. The van der Waals surface area contributed by atoms with Gasteiger partial charge in [-0.3, -0.25) is 9.59 Å². The summed E-state index contributed by atoms with van der Waals surface area (Å²) in [5, 5.41) is 6.28. The minimum Gasteiger partial charge on any atom is -0.325 e. The molecule has 0 radical (unpaired) electrons. The van der Waals surface area contributed by atoms with Gasteiger partial charge in [-0.25, -0.2) is 0 Å². The number of para-hydroxylation sites is 1. The van der Waals surface area contributed by atoms with Crippen LogP contribution < -0.4 is 10.9 Å². The number of aryl methyl sites for hydroxylation is 2. The van der Waals surface area contributed by atoms with E-state index in [1.165, 1.54) is 35.0 Å². The van der Waals surface area contributed by atoms with E-state index in [1.807, 2.05) is 26.0 Å². The van der Waals surface area contributed by atoms with Crippen molar-refractivity contribution < 1.29 is 18.0 Å². The number of nitrogens with zero attached hydrogens (tertiary/aromatic N) is 2. The van der Waals surface area contributed by atoms with E-state index >= 15 is 0 Å². The summed E-state index contributed by atoms with van der Waals surface area (Å²) in [5.41, 5.74) is 1.12. The molecule has 0 bridgehead atoms. The van der Waals surface area contributed by atoms with Crippen LogP contribution in [0.1, 0.15) is 23.6 Å². The number of benzene rings is 2. The first-order valence-corrected chi connectivity index (χ1v) is 10.3. The van der Waals surface area contributed by atoms with Crippen LogP contribution in [0.5, 0.6) is 0 Å². The van der Waals surface area contributed by atoms with Gasteiger partial charge in [0.2, 0.25) is 5.91 Å². The van der Waals surface area contributed by atoms with E-state index in [2.05, 4.69) is 10.4 Å². The summed E-state index contributed by atoms with van der Waals surface area (Å²) < 4.78 is 40.7. The average molecular weight is 447 g/mol. The molecule has 31 heavy (non-hydrogen) atoms. The number of carbonyl (C=O) groups excluding carboxylic acids is 1. The van der Waals surface area contributed by atoms with E-state index in [-0.39, 0.29) is 11.2 Å². The number of alkyl halides is 3. The van der Waals surface area contributed by atoms with Gasteiger partial charge in [-0.05, 0) is 62.2 Å². The molecule has 1 N–H and O–H groups in total. The van der Waals surface area contributed by atoms with Crippen LogP contribution >= 0.6 is 11.8 Å². The Bertz CT molecular complexity index is 1180. The normalized spacial score (nSPS) is 12.5. The zero-order chi connectivity index (χ0) is 22.8. The van der Waals surface area contributed by atoms with Crippen molar-refractivity contribution in [3.63, 3.8) is 0 Å². The molecule has 3 rings (SSSR count). The van der Waals surface area contributed by atoms with Gasteiger partial charge in [0, 0.05) is 6.07 Å². The van der Waals surface area contributed by atoms with Crippen LogP contribution in [-0.4, -0.2) is 20.9 Å². The van der Waals surface area contributed by atoms with Gasteiger partial charge >= 0.3 is 6.18 Å². The number of halogens is 3. The maximum absolute atomic E-state index is 13.1. The van der Waals surface area contributed by atoms with Crippen LogP contribution in [0.3, 0.4) is 0 Å². The average Bonchev–Trinajstić information content (AvgIpc) is 2.71. The number of aromatic nitrogens is 2. The monoisotopic (exact) mass is 447 g/mol. The predicted octanol–water partition coefficient (Wildman–Crippen LogP) is 4.99. The molecule has 1 atom stereocenters. The van der Waals surface area contributed by atoms with Gasteiger partial charge in [-0.2, -0.15) is 23.0 Å². The smallest absolute Gasteiger partial charge is 0.325 e. The number of hydrogen-bond acceptors (Lipinski definition) is 4. The first kappa shape index (κ1) is 22.6. The lowest BCUT2D eigenvalue weighted by Crippen LogP contribution is -2.25. The fraction of sp³-hybridized carbons (Fsp3) is 0.227. The van der Waals surface area contributed by atoms with Crippen molar-refractivity contribution in [2.24, 2.45) is 0 Å². The first-order chi connectivity index (χ1) is 14.6. The number of anilines is 1. The maximum Gasteiger partial charge on any atom is 0.418 e. The van der Waals surface area contributed by atoms with E-state index in [0.717, 1.165) is 29.0 Å². The Kier molecular flexibility index (Phi) is 6.54. The molecule has 1 amide bonds. The molecule has 0 saturated carbocycles. The molecule has 162 valence electrons. The SMILES string of the molecule is Cc1ccc(-n2nc(S[C@H](C)C(=O)Nc3ccccc3C(F)(F)F)ccc2=O)cc1C. The second-order valence-electron chi connectivity index (χ2n) is 6.98. The molecule has 3 aromatic rings. The number of carbonyl (C=O) groups is 1. The van der Waals surface area contributed by atoms with Crippen molar-refractivity contribution in [3.8, 4) is 5.69 Å². The van der Waals surface area contributed by atoms with Crippen molar-refractivity contribution in [2.75, 3.05) is 5.32 Å². The molecule has 0 aliphatic rings. The second kappa shape index (κ2) is 8.97. The number of amides is 1. The van der Waals surface area contributed by atoms with Crippen LogP contribution in [0.2, 0.25) is 0 Å². The Morgan fingerprint density at radius 1 is 1.06 bits per heavy atom. The number of nitrogens with one attached hydrogen (secondary N) is 1. The van der Waals surface area contributed by atoms with Gasteiger partial charge in [0.1, 0.15) is 5.03 Å². The quantitative estimate of drug-likeness (QED) is 0.560. The summed E-state index contributed by atoms with van der Waals surface area (Å²) in [5.74, 6) is -0.604. The third kappa shape index (κ3) is 5.35. The summed E-state index contributed by atoms with van der Waals surface area (Å²) >= 11 is 1.05. The summed E-state index contributed by atoms with van der Waals surface area (Å²) in [4.78, 5) is 24.8. The molecular formula is C22H20F3N3O2S. The zero-order valence-corrected chi connectivity index (χ0v) is 17.8. The highest BCUT2D eigenvalue weighted by Crippen LogP contribution is 2.35. The standard InChI is InChI=1S/C22H20F3N3O2S/c1-13-8-9-16(12-14(13)2)28-20(29)11-10-19(27-28)31-15(3)21(30)26-18-7-5-4-6-17(18)22(23,24)25/h4-12,15H,1-3H3,(H,26,30)/t15-/m1/s1. The number of rotatable bonds is 5. The molecule has 1 heterocycles. The molecule has 9 heteroatoms. The second-order valence-corrected chi connectivity index (χ2v) is 8.34.